The molecule has 2 saturated heterocycles. The predicted octanol–water partition coefficient (Wildman–Crippen LogP) is 5.99. The van der Waals surface area contributed by atoms with Gasteiger partial charge in [0.05, 0.1) is 47.5 Å². The van der Waals surface area contributed by atoms with E-state index in [2.05, 4.69) is 15.6 Å². The van der Waals surface area contributed by atoms with Crippen LogP contribution in [-0.4, -0.2) is 23.0 Å². The quantitative estimate of drug-likeness (QED) is 0.347. The van der Waals surface area contributed by atoms with Crippen molar-refractivity contribution in [2.75, 3.05) is 0 Å². The van der Waals surface area contributed by atoms with E-state index in [4.69, 9.17) is 4.74 Å². The van der Waals surface area contributed by atoms with Crippen molar-refractivity contribution < 1.29 is 35.9 Å². The minimum atomic E-state index is -4.94. The molecule has 40 heavy (non-hydrogen) atoms. The summed E-state index contributed by atoms with van der Waals surface area (Å²) >= 11 is 0. The summed E-state index contributed by atoms with van der Waals surface area (Å²) < 4.78 is 86.3. The number of aromatic nitrogens is 1. The Bertz CT molecular complexity index is 1300. The molecule has 0 saturated carbocycles. The summed E-state index contributed by atoms with van der Waals surface area (Å²) in [7, 11) is 0. The third-order valence-electron chi connectivity index (χ3n) is 7.65. The molecule has 11 heteroatoms. The molecule has 0 spiro atoms. The number of piperidine rings is 1. The normalized spacial score (nSPS) is 24.6. The molecule has 2 N–H and O–H groups in total. The van der Waals surface area contributed by atoms with Gasteiger partial charge in [0.15, 0.2) is 0 Å². The number of hydrogen-bond acceptors (Lipinski definition) is 4. The average molecular weight is 564 g/mol. The molecule has 2 bridgehead atoms. The zero-order valence-electron chi connectivity index (χ0n) is 21.2. The van der Waals surface area contributed by atoms with Gasteiger partial charge in [-0.3, -0.25) is 9.78 Å². The largest absolute Gasteiger partial charge is 0.416 e. The fourth-order valence-corrected chi connectivity index (χ4v) is 5.79. The second-order valence-electron chi connectivity index (χ2n) is 10.2. The highest BCUT2D eigenvalue weighted by atomic mass is 19.4. The first-order valence-electron chi connectivity index (χ1n) is 12.9. The van der Waals surface area contributed by atoms with Crippen LogP contribution in [-0.2, 0) is 40.6 Å². The summed E-state index contributed by atoms with van der Waals surface area (Å²) in [5.74, 6) is -0.572. The van der Waals surface area contributed by atoms with E-state index in [1.54, 1.807) is 18.3 Å². The Balaban J connectivity index is 1.38. The van der Waals surface area contributed by atoms with Crippen molar-refractivity contribution in [3.63, 3.8) is 0 Å². The van der Waals surface area contributed by atoms with Gasteiger partial charge in [-0.15, -0.1) is 0 Å². The van der Waals surface area contributed by atoms with Crippen molar-refractivity contribution in [3.05, 3.63) is 101 Å². The molecule has 4 unspecified atom stereocenters. The Morgan fingerprint density at radius 3 is 2.25 bits per heavy atom. The minimum Gasteiger partial charge on any atom is -0.371 e. The van der Waals surface area contributed by atoms with Gasteiger partial charge >= 0.3 is 12.4 Å². The fourth-order valence-electron chi connectivity index (χ4n) is 5.79. The SMILES string of the molecule is O=C(NCc1ccccn1)C1CC2(c3ccccc3)NC1CCC2OCc1cc(C(F)(F)F)cc(C(F)(F)F)c1. The van der Waals surface area contributed by atoms with Crippen molar-refractivity contribution in [3.8, 4) is 0 Å². The maximum Gasteiger partial charge on any atom is 0.416 e. The molecule has 2 aliphatic rings. The van der Waals surface area contributed by atoms with Crippen LogP contribution in [0.5, 0.6) is 0 Å². The number of ether oxygens (including phenoxy) is 1. The van der Waals surface area contributed by atoms with E-state index in [1.807, 2.05) is 36.4 Å². The molecular formula is C29H27F6N3O2. The van der Waals surface area contributed by atoms with Crippen molar-refractivity contribution in [1.29, 1.82) is 0 Å². The van der Waals surface area contributed by atoms with E-state index < -0.39 is 47.6 Å². The van der Waals surface area contributed by atoms with E-state index in [0.29, 0.717) is 37.1 Å². The lowest BCUT2D eigenvalue weighted by molar-refractivity contribution is -0.143. The van der Waals surface area contributed by atoms with E-state index in [0.717, 1.165) is 5.56 Å². The Morgan fingerprint density at radius 2 is 1.62 bits per heavy atom. The van der Waals surface area contributed by atoms with Crippen molar-refractivity contribution in [1.82, 2.24) is 15.6 Å². The van der Waals surface area contributed by atoms with Crippen LogP contribution in [0.15, 0.2) is 72.9 Å². The number of nitrogens with one attached hydrogen (secondary N) is 2. The van der Waals surface area contributed by atoms with Gasteiger partial charge < -0.3 is 15.4 Å². The zero-order valence-corrected chi connectivity index (χ0v) is 21.2. The number of halogens is 6. The third kappa shape index (κ3) is 5.85. The predicted molar refractivity (Wildman–Crippen MR) is 133 cm³/mol. The number of hydrogen-bond donors (Lipinski definition) is 2. The Labute approximate surface area is 227 Å². The maximum absolute atomic E-state index is 13.4. The minimum absolute atomic E-state index is 0.104. The molecular weight excluding hydrogens is 536 g/mol. The van der Waals surface area contributed by atoms with Gasteiger partial charge in [-0.1, -0.05) is 36.4 Å². The van der Waals surface area contributed by atoms with Gasteiger partial charge in [-0.05, 0) is 60.7 Å². The first-order valence-corrected chi connectivity index (χ1v) is 12.9. The number of nitrogens with zero attached hydrogens (tertiary/aromatic N) is 1. The lowest BCUT2D eigenvalue weighted by Crippen LogP contribution is -2.54. The number of fused-ring (bicyclic) bond motifs is 2. The fraction of sp³-hybridized carbons (Fsp3) is 0.379. The average Bonchev–Trinajstić information content (AvgIpc) is 3.25. The molecule has 2 aliphatic heterocycles. The summed E-state index contributed by atoms with van der Waals surface area (Å²) in [4.78, 5) is 17.5. The van der Waals surface area contributed by atoms with Crippen LogP contribution in [0.2, 0.25) is 0 Å². The van der Waals surface area contributed by atoms with Crippen LogP contribution < -0.4 is 10.6 Å². The summed E-state index contributed by atoms with van der Waals surface area (Å²) in [6.07, 6.45) is -7.45. The van der Waals surface area contributed by atoms with Gasteiger partial charge in [0, 0.05) is 12.2 Å². The summed E-state index contributed by atoms with van der Waals surface area (Å²) in [6, 6.07) is 16.0. The van der Waals surface area contributed by atoms with Gasteiger partial charge in [0.1, 0.15) is 0 Å². The molecule has 3 aromatic rings. The Kier molecular flexibility index (Phi) is 7.62. The van der Waals surface area contributed by atoms with Gasteiger partial charge in [-0.2, -0.15) is 26.3 Å². The summed E-state index contributed by atoms with van der Waals surface area (Å²) in [6.45, 7) is -0.187. The summed E-state index contributed by atoms with van der Waals surface area (Å²) in [5, 5.41) is 6.49. The van der Waals surface area contributed by atoms with Crippen molar-refractivity contribution >= 4 is 5.91 Å². The number of rotatable bonds is 7. The monoisotopic (exact) mass is 563 g/mol. The van der Waals surface area contributed by atoms with E-state index in [1.165, 1.54) is 0 Å². The van der Waals surface area contributed by atoms with Crippen molar-refractivity contribution in [2.45, 2.75) is 62.5 Å². The molecule has 0 radical (unpaired) electrons. The molecule has 2 fully saturated rings. The molecule has 5 nitrogen and oxygen atoms in total. The van der Waals surface area contributed by atoms with Crippen LogP contribution in [0.4, 0.5) is 26.3 Å². The molecule has 2 aromatic carbocycles. The van der Waals surface area contributed by atoms with E-state index in [-0.39, 0.29) is 30.1 Å². The second-order valence-corrected chi connectivity index (χ2v) is 10.2. The molecule has 212 valence electrons. The molecule has 5 rings (SSSR count). The lowest BCUT2D eigenvalue weighted by Gasteiger charge is -2.42. The van der Waals surface area contributed by atoms with Crippen LogP contribution in [0.25, 0.3) is 0 Å². The number of carbonyl (C=O) groups excluding carboxylic acids is 1. The number of alkyl halides is 6. The highest BCUT2D eigenvalue weighted by molar-refractivity contribution is 5.80. The highest BCUT2D eigenvalue weighted by Gasteiger charge is 2.56. The zero-order chi connectivity index (χ0) is 28.5. The standard InChI is InChI=1S/C29H27F6N3O2/c30-28(31,32)20-12-18(13-21(14-20)29(33,34)35)17-40-25-10-9-24-23(26(39)37-16-22-8-4-5-11-36-22)15-27(25,38-24)19-6-2-1-3-7-19/h1-8,11-14,23-25,38H,9-10,15-17H2,(H,37,39). The van der Waals surface area contributed by atoms with Gasteiger partial charge in [0.25, 0.3) is 0 Å². The van der Waals surface area contributed by atoms with Crippen LogP contribution in [0.3, 0.4) is 0 Å². The topological polar surface area (TPSA) is 63.2 Å². The Morgan fingerprint density at radius 1 is 0.950 bits per heavy atom. The first kappa shape index (κ1) is 28.1. The lowest BCUT2D eigenvalue weighted by atomic mass is 9.80. The van der Waals surface area contributed by atoms with Gasteiger partial charge in [-0.25, -0.2) is 0 Å². The molecule has 4 atom stereocenters. The second kappa shape index (κ2) is 10.9. The smallest absolute Gasteiger partial charge is 0.371 e. The van der Waals surface area contributed by atoms with Crippen LogP contribution in [0, 0.1) is 5.92 Å². The number of pyridine rings is 1. The van der Waals surface area contributed by atoms with Crippen LogP contribution >= 0.6 is 0 Å². The number of carbonyl (C=O) groups is 1. The number of benzene rings is 2. The molecule has 1 amide bonds. The molecule has 1 aromatic heterocycles. The molecule has 0 aliphatic carbocycles. The highest BCUT2D eigenvalue weighted by Crippen LogP contribution is 2.48. The Hall–Kier alpha value is -3.44. The van der Waals surface area contributed by atoms with Crippen LogP contribution in [0.1, 0.15) is 47.2 Å². The molecule has 3 heterocycles. The van der Waals surface area contributed by atoms with Crippen molar-refractivity contribution in [2.24, 2.45) is 5.92 Å². The van der Waals surface area contributed by atoms with E-state index in [9.17, 15) is 31.1 Å². The first-order chi connectivity index (χ1) is 19.0. The maximum atomic E-state index is 13.4. The third-order valence-corrected chi connectivity index (χ3v) is 7.65. The summed E-state index contributed by atoms with van der Waals surface area (Å²) in [5.41, 5.74) is -2.29. The van der Waals surface area contributed by atoms with Gasteiger partial charge in [0.2, 0.25) is 5.91 Å². The number of amides is 1. The van der Waals surface area contributed by atoms with E-state index >= 15 is 0 Å².